The lowest BCUT2D eigenvalue weighted by Gasteiger charge is -2.29. The number of ether oxygens (including phenoxy) is 1. The van der Waals surface area contributed by atoms with Gasteiger partial charge in [-0.15, -0.1) is 0 Å². The highest BCUT2D eigenvalue weighted by molar-refractivity contribution is 6.30. The average molecular weight is 418 g/mol. The highest BCUT2D eigenvalue weighted by Gasteiger charge is 2.24. The molecular weight excluding hydrogens is 390 g/mol. The molecule has 1 aromatic carbocycles. The Hall–Kier alpha value is -2.67. The maximum Gasteiger partial charge on any atom is 0.265 e. The lowest BCUT2D eigenvalue weighted by molar-refractivity contribution is -0.121. The summed E-state index contributed by atoms with van der Waals surface area (Å²) >= 11 is 6.09. The third-order valence-electron chi connectivity index (χ3n) is 4.78. The van der Waals surface area contributed by atoms with E-state index in [1.807, 2.05) is 62.1 Å². The summed E-state index contributed by atoms with van der Waals surface area (Å²) in [7, 11) is 3.99. The van der Waals surface area contributed by atoms with Crippen LogP contribution in [0.25, 0.3) is 0 Å². The van der Waals surface area contributed by atoms with Crippen LogP contribution in [0.4, 0.5) is 5.69 Å². The third-order valence-corrected chi connectivity index (χ3v) is 4.99. The van der Waals surface area contributed by atoms with E-state index >= 15 is 0 Å². The molecule has 1 amide bonds. The van der Waals surface area contributed by atoms with E-state index in [1.54, 1.807) is 4.90 Å². The van der Waals surface area contributed by atoms with Crippen LogP contribution in [0.15, 0.2) is 41.5 Å². The fourth-order valence-electron chi connectivity index (χ4n) is 3.32. The molecule has 1 N–H and O–H groups in total. The second-order valence-corrected chi connectivity index (χ2v) is 7.44. The molecule has 0 saturated carbocycles. The fourth-order valence-corrected chi connectivity index (χ4v) is 3.60. The molecule has 1 aliphatic rings. The normalized spacial score (nSPS) is 13.9. The molecular formula is C21H28ClN5O2. The number of aryl methyl sites for hydroxylation is 1. The number of amides is 1. The van der Waals surface area contributed by atoms with Crippen molar-refractivity contribution < 1.29 is 9.53 Å². The van der Waals surface area contributed by atoms with Crippen molar-refractivity contribution in [1.82, 2.24) is 14.8 Å². The van der Waals surface area contributed by atoms with Crippen molar-refractivity contribution in [1.29, 1.82) is 0 Å². The summed E-state index contributed by atoms with van der Waals surface area (Å²) in [6.45, 7) is 4.85. The smallest absolute Gasteiger partial charge is 0.265 e. The number of aromatic nitrogens is 1. The van der Waals surface area contributed by atoms with Gasteiger partial charge < -0.3 is 24.4 Å². The van der Waals surface area contributed by atoms with Gasteiger partial charge in [0.2, 0.25) is 0 Å². The number of guanidine groups is 1. The van der Waals surface area contributed by atoms with Crippen molar-refractivity contribution in [2.24, 2.45) is 12.0 Å². The average Bonchev–Trinajstić information content (AvgIpc) is 3.02. The van der Waals surface area contributed by atoms with Crippen LogP contribution in [0.2, 0.25) is 5.02 Å². The van der Waals surface area contributed by atoms with Gasteiger partial charge in [-0.3, -0.25) is 9.79 Å². The van der Waals surface area contributed by atoms with Crippen molar-refractivity contribution in [3.8, 4) is 5.75 Å². The molecule has 0 atom stereocenters. The fraction of sp³-hybridized carbons (Fsp3) is 0.429. The van der Waals surface area contributed by atoms with E-state index in [0.29, 0.717) is 19.6 Å². The van der Waals surface area contributed by atoms with Gasteiger partial charge in [-0.2, -0.15) is 0 Å². The number of rotatable bonds is 7. The SMILES string of the molecule is CCNC(=NCCCN1C(=O)COc2ccccc21)N(C)Cc1cc(Cl)cn1C. The summed E-state index contributed by atoms with van der Waals surface area (Å²) in [5, 5.41) is 4.05. The van der Waals surface area contributed by atoms with Crippen molar-refractivity contribution in [3.63, 3.8) is 0 Å². The van der Waals surface area contributed by atoms with E-state index in [4.69, 9.17) is 21.3 Å². The number of carbonyl (C=O) groups is 1. The van der Waals surface area contributed by atoms with Gasteiger partial charge in [0.25, 0.3) is 5.91 Å². The number of carbonyl (C=O) groups excluding carboxylic acids is 1. The van der Waals surface area contributed by atoms with Crippen molar-refractivity contribution in [3.05, 3.63) is 47.2 Å². The lowest BCUT2D eigenvalue weighted by Crippen LogP contribution is -2.40. The Morgan fingerprint density at radius 1 is 1.38 bits per heavy atom. The Labute approximate surface area is 176 Å². The van der Waals surface area contributed by atoms with Crippen LogP contribution in [0.1, 0.15) is 19.0 Å². The van der Waals surface area contributed by atoms with Gasteiger partial charge >= 0.3 is 0 Å². The van der Waals surface area contributed by atoms with Gasteiger partial charge in [-0.05, 0) is 31.5 Å². The number of benzene rings is 1. The molecule has 156 valence electrons. The van der Waals surface area contributed by atoms with Gasteiger partial charge in [0.05, 0.1) is 17.3 Å². The Balaban J connectivity index is 1.59. The summed E-state index contributed by atoms with van der Waals surface area (Å²) in [5.41, 5.74) is 1.94. The molecule has 0 radical (unpaired) electrons. The van der Waals surface area contributed by atoms with Crippen LogP contribution in [0.5, 0.6) is 5.75 Å². The summed E-state index contributed by atoms with van der Waals surface area (Å²) in [4.78, 5) is 20.9. The summed E-state index contributed by atoms with van der Waals surface area (Å²) < 4.78 is 7.51. The highest BCUT2D eigenvalue weighted by atomic mass is 35.5. The zero-order valence-corrected chi connectivity index (χ0v) is 17.9. The predicted octanol–water partition coefficient (Wildman–Crippen LogP) is 2.89. The van der Waals surface area contributed by atoms with Crippen molar-refractivity contribution in [2.45, 2.75) is 19.9 Å². The molecule has 29 heavy (non-hydrogen) atoms. The lowest BCUT2D eigenvalue weighted by atomic mass is 10.2. The molecule has 7 nitrogen and oxygen atoms in total. The van der Waals surface area contributed by atoms with Crippen LogP contribution >= 0.6 is 11.6 Å². The molecule has 0 bridgehead atoms. The van der Waals surface area contributed by atoms with Crippen LogP contribution in [-0.2, 0) is 18.4 Å². The van der Waals surface area contributed by atoms with Crippen molar-refractivity contribution in [2.75, 3.05) is 38.2 Å². The Bertz CT molecular complexity index is 880. The largest absolute Gasteiger partial charge is 0.482 e. The van der Waals surface area contributed by atoms with Crippen LogP contribution in [0.3, 0.4) is 0 Å². The molecule has 2 aromatic rings. The quantitative estimate of drug-likeness (QED) is 0.427. The van der Waals surface area contributed by atoms with E-state index < -0.39 is 0 Å². The van der Waals surface area contributed by atoms with Gasteiger partial charge in [-0.25, -0.2) is 0 Å². The predicted molar refractivity (Wildman–Crippen MR) is 117 cm³/mol. The molecule has 1 aromatic heterocycles. The monoisotopic (exact) mass is 417 g/mol. The molecule has 0 saturated heterocycles. The van der Waals surface area contributed by atoms with E-state index in [9.17, 15) is 4.79 Å². The molecule has 2 heterocycles. The summed E-state index contributed by atoms with van der Waals surface area (Å²) in [5.74, 6) is 1.57. The second kappa shape index (κ2) is 9.69. The number of nitrogens with zero attached hydrogens (tertiary/aromatic N) is 4. The van der Waals surface area contributed by atoms with Gasteiger partial charge in [0.15, 0.2) is 12.6 Å². The maximum absolute atomic E-state index is 12.3. The first-order chi connectivity index (χ1) is 14.0. The first kappa shape index (κ1) is 21.0. The van der Waals surface area contributed by atoms with E-state index in [0.717, 1.165) is 41.1 Å². The van der Waals surface area contributed by atoms with Gasteiger partial charge in [0, 0.05) is 45.6 Å². The summed E-state index contributed by atoms with van der Waals surface area (Å²) in [6.07, 6.45) is 2.66. The molecule has 0 unspecified atom stereocenters. The van der Waals surface area contributed by atoms with Crippen LogP contribution in [-0.4, -0.2) is 54.6 Å². The minimum Gasteiger partial charge on any atom is -0.482 e. The number of anilines is 1. The Kier molecular flexibility index (Phi) is 7.04. The summed E-state index contributed by atoms with van der Waals surface area (Å²) in [6, 6.07) is 9.60. The number of aliphatic imine (C=N–C) groups is 1. The van der Waals surface area contributed by atoms with E-state index in [2.05, 4.69) is 10.2 Å². The van der Waals surface area contributed by atoms with Gasteiger partial charge in [-0.1, -0.05) is 23.7 Å². The molecule has 8 heteroatoms. The second-order valence-electron chi connectivity index (χ2n) is 7.01. The molecule has 0 aliphatic carbocycles. The Morgan fingerprint density at radius 2 is 2.17 bits per heavy atom. The minimum absolute atomic E-state index is 0.0164. The zero-order valence-electron chi connectivity index (χ0n) is 17.2. The molecule has 0 fully saturated rings. The number of nitrogens with one attached hydrogen (secondary N) is 1. The van der Waals surface area contributed by atoms with Crippen LogP contribution < -0.4 is 15.0 Å². The number of fused-ring (bicyclic) bond motifs is 1. The molecule has 0 spiro atoms. The zero-order chi connectivity index (χ0) is 20.8. The number of hydrogen-bond acceptors (Lipinski definition) is 3. The first-order valence-electron chi connectivity index (χ1n) is 9.82. The number of para-hydroxylation sites is 2. The van der Waals surface area contributed by atoms with Crippen molar-refractivity contribution >= 4 is 29.2 Å². The minimum atomic E-state index is -0.0164. The first-order valence-corrected chi connectivity index (χ1v) is 10.2. The maximum atomic E-state index is 12.3. The Morgan fingerprint density at radius 3 is 2.90 bits per heavy atom. The van der Waals surface area contributed by atoms with Gasteiger partial charge in [0.1, 0.15) is 5.75 Å². The van der Waals surface area contributed by atoms with Crippen LogP contribution in [0, 0.1) is 0 Å². The third kappa shape index (κ3) is 5.23. The molecule has 3 rings (SSSR count). The van der Waals surface area contributed by atoms with E-state index in [-0.39, 0.29) is 12.5 Å². The standard InChI is InChI=1S/C21H28ClN5O2/c1-4-23-21(26(3)14-17-12-16(22)13-25(17)2)24-10-7-11-27-18-8-5-6-9-19(18)29-15-20(27)28/h5-6,8-9,12-13H,4,7,10-11,14-15H2,1-3H3,(H,23,24). The highest BCUT2D eigenvalue weighted by Crippen LogP contribution is 2.31. The van der Waals surface area contributed by atoms with E-state index in [1.165, 1.54) is 0 Å². The molecule has 1 aliphatic heterocycles. The number of hydrogen-bond donors (Lipinski definition) is 1. The number of halogens is 1. The topological polar surface area (TPSA) is 62.1 Å².